The molecule has 0 amide bonds. The molecule has 6 heteroatoms. The highest BCUT2D eigenvalue weighted by Crippen LogP contribution is 2.34. The quantitative estimate of drug-likeness (QED) is 0.668. The minimum atomic E-state index is -0.531. The van der Waals surface area contributed by atoms with Crippen LogP contribution in [0.25, 0.3) is 0 Å². The summed E-state index contributed by atoms with van der Waals surface area (Å²) < 4.78 is 5.14. The molecule has 1 saturated carbocycles. The van der Waals surface area contributed by atoms with Crippen molar-refractivity contribution in [3.8, 4) is 0 Å². The Morgan fingerprint density at radius 2 is 2.00 bits per heavy atom. The molecule has 0 bridgehead atoms. The van der Waals surface area contributed by atoms with Crippen molar-refractivity contribution >= 4 is 18.3 Å². The van der Waals surface area contributed by atoms with Crippen molar-refractivity contribution in [3.05, 3.63) is 28.0 Å². The number of nitro groups is 1. The van der Waals surface area contributed by atoms with E-state index in [4.69, 9.17) is 10.2 Å². The lowest BCUT2D eigenvalue weighted by molar-refractivity contribution is -0.402. The fraction of sp³-hybridized carbons (Fsp3) is 0.636. The number of rotatable bonds is 3. The zero-order chi connectivity index (χ0) is 11.5. The van der Waals surface area contributed by atoms with Crippen LogP contribution in [-0.4, -0.2) is 4.92 Å². The first kappa shape index (κ1) is 14.0. The Morgan fingerprint density at radius 3 is 2.53 bits per heavy atom. The van der Waals surface area contributed by atoms with Crippen LogP contribution in [0.2, 0.25) is 0 Å². The molecule has 1 aliphatic rings. The molecule has 0 saturated heterocycles. The van der Waals surface area contributed by atoms with E-state index in [2.05, 4.69) is 0 Å². The van der Waals surface area contributed by atoms with Gasteiger partial charge >= 0.3 is 5.88 Å². The van der Waals surface area contributed by atoms with Gasteiger partial charge in [0.25, 0.3) is 0 Å². The summed E-state index contributed by atoms with van der Waals surface area (Å²) in [5.74, 6) is 0.722. The van der Waals surface area contributed by atoms with Crippen LogP contribution in [0.15, 0.2) is 16.5 Å². The normalized spacial score (nSPS) is 18.4. The highest BCUT2D eigenvalue weighted by molar-refractivity contribution is 5.85. The lowest BCUT2D eigenvalue weighted by Crippen LogP contribution is -2.23. The van der Waals surface area contributed by atoms with Crippen LogP contribution in [0.1, 0.15) is 43.9 Å². The molecule has 0 unspecified atom stereocenters. The van der Waals surface area contributed by atoms with Crippen LogP contribution in [0, 0.1) is 16.0 Å². The average molecular weight is 261 g/mol. The molecule has 1 aliphatic carbocycles. The average Bonchev–Trinajstić information content (AvgIpc) is 2.78. The number of nitrogens with zero attached hydrogens (tertiary/aromatic N) is 1. The summed E-state index contributed by atoms with van der Waals surface area (Å²) in [5, 5.41) is 10.5. The number of nitrogens with two attached hydrogens (primary N) is 1. The lowest BCUT2D eigenvalue weighted by atomic mass is 9.83. The van der Waals surface area contributed by atoms with E-state index in [1.54, 1.807) is 6.07 Å². The minimum absolute atomic E-state index is 0. The van der Waals surface area contributed by atoms with E-state index >= 15 is 0 Å². The SMILES string of the molecule is Cl.N[C@@H](c1ccc([N+](=O)[O-])o1)C1CCCCC1. The number of halogens is 1. The maximum atomic E-state index is 10.5. The van der Waals surface area contributed by atoms with Crippen molar-refractivity contribution in [2.24, 2.45) is 11.7 Å². The molecule has 0 spiro atoms. The molecule has 5 nitrogen and oxygen atoms in total. The standard InChI is InChI=1S/C11H16N2O3.ClH/c12-11(8-4-2-1-3-5-8)9-6-7-10(16-9)13(14)15;/h6-8,11H,1-5,12H2;1H/t11-;/m1./s1. The Kier molecular flexibility index (Phi) is 4.96. The van der Waals surface area contributed by atoms with Gasteiger partial charge in [-0.3, -0.25) is 10.1 Å². The van der Waals surface area contributed by atoms with Gasteiger partial charge in [-0.25, -0.2) is 0 Å². The van der Waals surface area contributed by atoms with Crippen LogP contribution in [0.3, 0.4) is 0 Å². The van der Waals surface area contributed by atoms with Crippen molar-refractivity contribution in [2.75, 3.05) is 0 Å². The first-order chi connectivity index (χ1) is 7.68. The van der Waals surface area contributed by atoms with Crippen LogP contribution in [0.5, 0.6) is 0 Å². The van der Waals surface area contributed by atoms with Gasteiger partial charge in [-0.1, -0.05) is 19.3 Å². The van der Waals surface area contributed by atoms with Gasteiger partial charge in [0.15, 0.2) is 0 Å². The highest BCUT2D eigenvalue weighted by Gasteiger charge is 2.25. The summed E-state index contributed by atoms with van der Waals surface area (Å²) in [5.41, 5.74) is 6.07. The molecule has 0 radical (unpaired) electrons. The fourth-order valence-electron chi connectivity index (χ4n) is 2.35. The van der Waals surface area contributed by atoms with Crippen molar-refractivity contribution in [2.45, 2.75) is 38.1 Å². The Bertz CT molecular complexity index is 375. The Labute approximate surface area is 106 Å². The first-order valence-electron chi connectivity index (χ1n) is 5.68. The van der Waals surface area contributed by atoms with E-state index in [-0.39, 0.29) is 24.3 Å². The maximum Gasteiger partial charge on any atom is 0.433 e. The van der Waals surface area contributed by atoms with Gasteiger partial charge < -0.3 is 10.2 Å². The maximum absolute atomic E-state index is 10.5. The first-order valence-corrected chi connectivity index (χ1v) is 5.68. The molecule has 2 N–H and O–H groups in total. The Hall–Kier alpha value is -1.07. The summed E-state index contributed by atoms with van der Waals surface area (Å²) in [6.45, 7) is 0. The molecule has 1 aromatic heterocycles. The topological polar surface area (TPSA) is 82.3 Å². The van der Waals surface area contributed by atoms with Crippen LogP contribution in [0.4, 0.5) is 5.88 Å². The largest absolute Gasteiger partial charge is 0.433 e. The fourth-order valence-corrected chi connectivity index (χ4v) is 2.35. The minimum Gasteiger partial charge on any atom is -0.404 e. The molecule has 1 atom stereocenters. The summed E-state index contributed by atoms with van der Waals surface area (Å²) in [6.07, 6.45) is 5.84. The van der Waals surface area contributed by atoms with Gasteiger partial charge in [-0.2, -0.15) is 0 Å². The Morgan fingerprint density at radius 1 is 1.35 bits per heavy atom. The third kappa shape index (κ3) is 3.20. The second-order valence-electron chi connectivity index (χ2n) is 4.36. The third-order valence-electron chi connectivity index (χ3n) is 3.28. The van der Waals surface area contributed by atoms with E-state index in [1.807, 2.05) is 0 Å². The van der Waals surface area contributed by atoms with Crippen LogP contribution in [-0.2, 0) is 0 Å². The number of furan rings is 1. The van der Waals surface area contributed by atoms with Crippen LogP contribution < -0.4 is 5.73 Å². The molecule has 0 aliphatic heterocycles. The monoisotopic (exact) mass is 260 g/mol. The van der Waals surface area contributed by atoms with E-state index in [0.717, 1.165) is 12.8 Å². The van der Waals surface area contributed by atoms with Crippen molar-refractivity contribution in [1.82, 2.24) is 0 Å². The van der Waals surface area contributed by atoms with E-state index < -0.39 is 4.92 Å². The van der Waals surface area contributed by atoms with E-state index in [9.17, 15) is 10.1 Å². The van der Waals surface area contributed by atoms with Gasteiger partial charge in [0.05, 0.1) is 12.1 Å². The summed E-state index contributed by atoms with van der Waals surface area (Å²) in [7, 11) is 0. The number of hydrogen-bond donors (Lipinski definition) is 1. The summed E-state index contributed by atoms with van der Waals surface area (Å²) in [6, 6.07) is 2.80. The van der Waals surface area contributed by atoms with Crippen molar-refractivity contribution in [1.29, 1.82) is 0 Å². The predicted octanol–water partition coefficient (Wildman–Crippen LogP) is 3.19. The Balaban J connectivity index is 0.00000144. The molecule has 17 heavy (non-hydrogen) atoms. The van der Waals surface area contributed by atoms with Gasteiger partial charge in [-0.05, 0) is 24.8 Å². The number of hydrogen-bond acceptors (Lipinski definition) is 4. The van der Waals surface area contributed by atoms with Gasteiger partial charge in [0.1, 0.15) is 10.7 Å². The molecule has 1 aromatic rings. The van der Waals surface area contributed by atoms with E-state index in [0.29, 0.717) is 11.7 Å². The van der Waals surface area contributed by atoms with Crippen LogP contribution >= 0.6 is 12.4 Å². The smallest absolute Gasteiger partial charge is 0.404 e. The molecule has 1 heterocycles. The zero-order valence-corrected chi connectivity index (χ0v) is 10.3. The third-order valence-corrected chi connectivity index (χ3v) is 3.28. The summed E-state index contributed by atoms with van der Waals surface area (Å²) in [4.78, 5) is 9.95. The molecular weight excluding hydrogens is 244 g/mol. The van der Waals surface area contributed by atoms with Crippen molar-refractivity contribution < 1.29 is 9.34 Å². The van der Waals surface area contributed by atoms with Gasteiger partial charge in [-0.15, -0.1) is 12.4 Å². The summed E-state index contributed by atoms with van der Waals surface area (Å²) >= 11 is 0. The van der Waals surface area contributed by atoms with Gasteiger partial charge in [0.2, 0.25) is 0 Å². The molecular formula is C11H17ClN2O3. The zero-order valence-electron chi connectivity index (χ0n) is 9.50. The van der Waals surface area contributed by atoms with Gasteiger partial charge in [0, 0.05) is 0 Å². The second kappa shape index (κ2) is 6.02. The molecule has 96 valence electrons. The highest BCUT2D eigenvalue weighted by atomic mass is 35.5. The lowest BCUT2D eigenvalue weighted by Gasteiger charge is -2.25. The predicted molar refractivity (Wildman–Crippen MR) is 66.1 cm³/mol. The van der Waals surface area contributed by atoms with Crippen molar-refractivity contribution in [3.63, 3.8) is 0 Å². The second-order valence-corrected chi connectivity index (χ2v) is 4.36. The molecule has 2 rings (SSSR count). The molecule has 1 fully saturated rings. The molecule has 0 aromatic carbocycles. The van der Waals surface area contributed by atoms with E-state index in [1.165, 1.54) is 25.3 Å².